The van der Waals surface area contributed by atoms with Gasteiger partial charge in [0.15, 0.2) is 0 Å². The summed E-state index contributed by atoms with van der Waals surface area (Å²) in [5.74, 6) is 1.07. The van der Waals surface area contributed by atoms with Crippen molar-refractivity contribution in [3.8, 4) is 0 Å². The Bertz CT molecular complexity index is 214. The molecule has 2 rings (SSSR count). The summed E-state index contributed by atoms with van der Waals surface area (Å²) in [6, 6.07) is 1.98. The minimum atomic E-state index is 0.797. The van der Waals surface area contributed by atoms with Crippen LogP contribution in [0.3, 0.4) is 0 Å². The first-order valence-electron chi connectivity index (χ1n) is 3.00. The summed E-state index contributed by atoms with van der Waals surface area (Å²) in [6.45, 7) is 0.797. The van der Waals surface area contributed by atoms with Crippen LogP contribution in [0.15, 0.2) is 21.7 Å². The van der Waals surface area contributed by atoms with E-state index < -0.39 is 0 Å². The summed E-state index contributed by atoms with van der Waals surface area (Å²) in [5.41, 5.74) is 1.23. The van der Waals surface area contributed by atoms with Crippen molar-refractivity contribution in [1.29, 1.82) is 0 Å². The second-order valence-electron chi connectivity index (χ2n) is 2.10. The van der Waals surface area contributed by atoms with Crippen molar-refractivity contribution in [3.63, 3.8) is 0 Å². The van der Waals surface area contributed by atoms with Crippen molar-refractivity contribution in [2.75, 3.05) is 0 Å². The molecule has 0 N–H and O–H groups in total. The first kappa shape index (κ1) is 4.79. The second-order valence-corrected chi connectivity index (χ2v) is 2.10. The highest BCUT2D eigenvalue weighted by molar-refractivity contribution is 5.62. The molecule has 0 unspecified atom stereocenters. The minimum Gasteiger partial charge on any atom is -0.469 e. The summed E-state index contributed by atoms with van der Waals surface area (Å²) < 4.78 is 5.16. The normalized spacial score (nSPS) is 15.6. The fourth-order valence-electron chi connectivity index (χ4n) is 0.997. The zero-order valence-corrected chi connectivity index (χ0v) is 5.00. The predicted molar refractivity (Wildman–Crippen MR) is 34.6 cm³/mol. The molecule has 0 spiro atoms. The lowest BCUT2D eigenvalue weighted by Crippen LogP contribution is -1.95. The molecule has 1 aromatic heterocycles. The van der Waals surface area contributed by atoms with Crippen LogP contribution in [0.5, 0.6) is 0 Å². The molecule has 1 aromatic rings. The van der Waals surface area contributed by atoms with Crippen LogP contribution in [0.1, 0.15) is 11.3 Å². The first-order chi connectivity index (χ1) is 4.47. The Morgan fingerprint density at radius 3 is 3.44 bits per heavy atom. The highest BCUT2D eigenvalue weighted by Crippen LogP contribution is 2.14. The van der Waals surface area contributed by atoms with E-state index in [0.29, 0.717) is 0 Å². The summed E-state index contributed by atoms with van der Waals surface area (Å²) in [6.07, 6.45) is 4.48. The van der Waals surface area contributed by atoms with Gasteiger partial charge in [0.05, 0.1) is 12.8 Å². The van der Waals surface area contributed by atoms with E-state index in [0.717, 1.165) is 18.7 Å². The fraction of sp³-hybridized carbons (Fsp3) is 0.286. The number of furan rings is 1. The molecule has 2 nitrogen and oxygen atoms in total. The van der Waals surface area contributed by atoms with Gasteiger partial charge in [-0.1, -0.05) is 0 Å². The van der Waals surface area contributed by atoms with Crippen LogP contribution in [0.25, 0.3) is 0 Å². The molecule has 1 aliphatic rings. The van der Waals surface area contributed by atoms with E-state index in [2.05, 4.69) is 4.99 Å². The van der Waals surface area contributed by atoms with E-state index >= 15 is 0 Å². The van der Waals surface area contributed by atoms with Gasteiger partial charge in [0.2, 0.25) is 0 Å². The molecule has 0 fully saturated rings. The van der Waals surface area contributed by atoms with Crippen molar-refractivity contribution >= 4 is 6.21 Å². The van der Waals surface area contributed by atoms with Crippen LogP contribution in [-0.2, 0) is 13.0 Å². The van der Waals surface area contributed by atoms with Crippen molar-refractivity contribution < 1.29 is 4.42 Å². The highest BCUT2D eigenvalue weighted by atomic mass is 16.3. The van der Waals surface area contributed by atoms with E-state index in [-0.39, 0.29) is 0 Å². The molecule has 2 heterocycles. The number of nitrogens with zero attached hydrogens (tertiary/aromatic N) is 1. The molecule has 0 saturated heterocycles. The van der Waals surface area contributed by atoms with Gasteiger partial charge < -0.3 is 4.42 Å². The maximum atomic E-state index is 5.16. The number of rotatable bonds is 0. The molecular formula is C7H7NO. The third kappa shape index (κ3) is 0.669. The Morgan fingerprint density at radius 1 is 1.56 bits per heavy atom. The van der Waals surface area contributed by atoms with Gasteiger partial charge in [-0.2, -0.15) is 0 Å². The van der Waals surface area contributed by atoms with Gasteiger partial charge in [0.1, 0.15) is 5.76 Å². The number of fused-ring (bicyclic) bond motifs is 1. The number of hydrogen-bond donors (Lipinski definition) is 0. The summed E-state index contributed by atoms with van der Waals surface area (Å²) in [5, 5.41) is 0. The Balaban J connectivity index is 2.46. The lowest BCUT2D eigenvalue weighted by Gasteiger charge is -2.00. The smallest absolute Gasteiger partial charge is 0.114 e. The van der Waals surface area contributed by atoms with Crippen LogP contribution < -0.4 is 0 Å². The average Bonchev–Trinajstić information content (AvgIpc) is 2.33. The van der Waals surface area contributed by atoms with E-state index in [1.165, 1.54) is 5.56 Å². The summed E-state index contributed by atoms with van der Waals surface area (Å²) in [4.78, 5) is 4.11. The monoisotopic (exact) mass is 121 g/mol. The molecule has 0 bridgehead atoms. The molecule has 0 amide bonds. The van der Waals surface area contributed by atoms with Gasteiger partial charge in [0.25, 0.3) is 0 Å². The fourth-order valence-corrected chi connectivity index (χ4v) is 0.997. The maximum absolute atomic E-state index is 5.16. The van der Waals surface area contributed by atoms with Crippen molar-refractivity contribution in [2.24, 2.45) is 4.99 Å². The average molecular weight is 121 g/mol. The number of aliphatic imine (C=N–C) groups is 1. The predicted octanol–water partition coefficient (Wildman–Crippen LogP) is 1.41. The van der Waals surface area contributed by atoms with Gasteiger partial charge >= 0.3 is 0 Å². The van der Waals surface area contributed by atoms with Crippen LogP contribution in [0.2, 0.25) is 0 Å². The van der Waals surface area contributed by atoms with E-state index in [1.807, 2.05) is 12.3 Å². The topological polar surface area (TPSA) is 25.5 Å². The van der Waals surface area contributed by atoms with E-state index in [9.17, 15) is 0 Å². The van der Waals surface area contributed by atoms with Gasteiger partial charge in [-0.15, -0.1) is 0 Å². The molecular weight excluding hydrogens is 114 g/mol. The zero-order chi connectivity index (χ0) is 6.10. The minimum absolute atomic E-state index is 0.797. The molecule has 0 aliphatic carbocycles. The van der Waals surface area contributed by atoms with E-state index in [4.69, 9.17) is 4.42 Å². The quantitative estimate of drug-likeness (QED) is 0.509. The molecule has 0 atom stereocenters. The van der Waals surface area contributed by atoms with Gasteiger partial charge in [-0.3, -0.25) is 4.99 Å². The third-order valence-electron chi connectivity index (χ3n) is 1.51. The van der Waals surface area contributed by atoms with Crippen LogP contribution in [0.4, 0.5) is 0 Å². The molecule has 46 valence electrons. The molecule has 0 aromatic carbocycles. The summed E-state index contributed by atoms with van der Waals surface area (Å²) >= 11 is 0. The number of hydrogen-bond acceptors (Lipinski definition) is 2. The van der Waals surface area contributed by atoms with Gasteiger partial charge in [-0.05, 0) is 6.07 Å². The standard InChI is InChI=1S/C7H7NO/c1-3-8-5-6-2-4-9-7(1)6/h2-4H,1,5H2. The van der Waals surface area contributed by atoms with Crippen molar-refractivity contribution in [3.05, 3.63) is 23.7 Å². The first-order valence-corrected chi connectivity index (χ1v) is 3.00. The van der Waals surface area contributed by atoms with Crippen LogP contribution in [-0.4, -0.2) is 6.21 Å². The third-order valence-corrected chi connectivity index (χ3v) is 1.51. The zero-order valence-electron chi connectivity index (χ0n) is 5.00. The van der Waals surface area contributed by atoms with Crippen molar-refractivity contribution in [2.45, 2.75) is 13.0 Å². The van der Waals surface area contributed by atoms with Gasteiger partial charge in [-0.25, -0.2) is 0 Å². The molecule has 9 heavy (non-hydrogen) atoms. The Morgan fingerprint density at radius 2 is 2.56 bits per heavy atom. The van der Waals surface area contributed by atoms with E-state index in [1.54, 1.807) is 6.26 Å². The molecule has 2 heteroatoms. The largest absolute Gasteiger partial charge is 0.469 e. The molecule has 0 saturated carbocycles. The van der Waals surface area contributed by atoms with Crippen LogP contribution in [0, 0.1) is 0 Å². The Kier molecular flexibility index (Phi) is 0.918. The lowest BCUT2D eigenvalue weighted by molar-refractivity contribution is 0.520. The lowest BCUT2D eigenvalue weighted by atomic mass is 10.2. The Labute approximate surface area is 53.2 Å². The maximum Gasteiger partial charge on any atom is 0.114 e. The van der Waals surface area contributed by atoms with Crippen LogP contribution >= 0.6 is 0 Å². The second kappa shape index (κ2) is 1.72. The molecule has 0 radical (unpaired) electrons. The molecule has 1 aliphatic heterocycles. The van der Waals surface area contributed by atoms with Crippen molar-refractivity contribution in [1.82, 2.24) is 0 Å². The summed E-state index contributed by atoms with van der Waals surface area (Å²) in [7, 11) is 0. The van der Waals surface area contributed by atoms with Gasteiger partial charge in [0, 0.05) is 18.2 Å². The SMILES string of the molecule is C1=NCc2ccoc2C1. The Hall–Kier alpha value is -1.05. The highest BCUT2D eigenvalue weighted by Gasteiger charge is 2.06.